The topological polar surface area (TPSA) is 109 Å². The molecule has 1 atom stereocenters. The van der Waals surface area contributed by atoms with E-state index in [2.05, 4.69) is 25.6 Å². The summed E-state index contributed by atoms with van der Waals surface area (Å²) < 4.78 is 1.48. The van der Waals surface area contributed by atoms with E-state index < -0.39 is 6.04 Å². The fraction of sp³-hybridized carbons (Fsp3) is 0.0909. The van der Waals surface area contributed by atoms with Crippen LogP contribution in [0.3, 0.4) is 0 Å². The van der Waals surface area contributed by atoms with Crippen LogP contribution >= 0.6 is 0 Å². The molecular weight excluding hydrogens is 394 g/mol. The van der Waals surface area contributed by atoms with Gasteiger partial charge in [0.1, 0.15) is 12.1 Å². The average molecular weight is 411 g/mol. The highest BCUT2D eigenvalue weighted by molar-refractivity contribution is 6.05. The molecule has 152 valence electrons. The van der Waals surface area contributed by atoms with Crippen LogP contribution in [0.2, 0.25) is 0 Å². The van der Waals surface area contributed by atoms with E-state index >= 15 is 0 Å². The first-order valence-electron chi connectivity index (χ1n) is 9.63. The van der Waals surface area contributed by atoms with Crippen molar-refractivity contribution in [3.05, 3.63) is 96.1 Å². The van der Waals surface area contributed by atoms with Gasteiger partial charge in [0.05, 0.1) is 17.4 Å². The summed E-state index contributed by atoms with van der Waals surface area (Å²) in [7, 11) is 0. The third-order valence-electron chi connectivity index (χ3n) is 5.12. The van der Waals surface area contributed by atoms with E-state index in [4.69, 9.17) is 0 Å². The SMILES string of the molecule is O=C(c1cccc(-n2cnnn2)c1)N1N=C(c2cccnc2)CC1c1ccccc1O. The molecule has 3 heterocycles. The van der Waals surface area contributed by atoms with Crippen molar-refractivity contribution in [2.75, 3.05) is 0 Å². The molecule has 1 unspecified atom stereocenters. The summed E-state index contributed by atoms with van der Waals surface area (Å²) in [5.74, 6) is -0.169. The van der Waals surface area contributed by atoms with Crippen molar-refractivity contribution in [2.24, 2.45) is 5.10 Å². The Bertz CT molecular complexity index is 1260. The first-order valence-corrected chi connectivity index (χ1v) is 9.63. The van der Waals surface area contributed by atoms with Crippen LogP contribution in [0, 0.1) is 0 Å². The molecule has 5 rings (SSSR count). The molecule has 1 N–H and O–H groups in total. The van der Waals surface area contributed by atoms with E-state index in [0.29, 0.717) is 23.2 Å². The number of aromatic hydroxyl groups is 1. The molecule has 0 radical (unpaired) electrons. The maximum atomic E-state index is 13.5. The van der Waals surface area contributed by atoms with Crippen LogP contribution in [0.5, 0.6) is 5.75 Å². The molecule has 1 amide bonds. The van der Waals surface area contributed by atoms with Crippen LogP contribution < -0.4 is 0 Å². The number of carbonyl (C=O) groups is 1. The Hall–Kier alpha value is -4.40. The van der Waals surface area contributed by atoms with Crippen molar-refractivity contribution in [3.8, 4) is 11.4 Å². The van der Waals surface area contributed by atoms with E-state index in [9.17, 15) is 9.90 Å². The molecule has 2 aromatic carbocycles. The second-order valence-electron chi connectivity index (χ2n) is 7.02. The smallest absolute Gasteiger partial charge is 0.274 e. The van der Waals surface area contributed by atoms with Crippen LogP contribution in [0.1, 0.15) is 33.9 Å². The number of amides is 1. The van der Waals surface area contributed by atoms with Gasteiger partial charge < -0.3 is 5.11 Å². The van der Waals surface area contributed by atoms with Crippen molar-refractivity contribution < 1.29 is 9.90 Å². The van der Waals surface area contributed by atoms with Gasteiger partial charge >= 0.3 is 0 Å². The number of pyridine rings is 1. The van der Waals surface area contributed by atoms with Gasteiger partial charge in [-0.25, -0.2) is 9.69 Å². The van der Waals surface area contributed by atoms with Gasteiger partial charge in [-0.15, -0.1) is 5.10 Å². The number of phenolic OH excluding ortho intramolecular Hbond substituents is 1. The second-order valence-corrected chi connectivity index (χ2v) is 7.02. The number of hydrazone groups is 1. The Morgan fingerprint density at radius 2 is 1.97 bits per heavy atom. The highest BCUT2D eigenvalue weighted by Gasteiger charge is 2.35. The minimum Gasteiger partial charge on any atom is -0.508 e. The number of nitrogens with zero attached hydrogens (tertiary/aromatic N) is 7. The molecule has 0 saturated heterocycles. The van der Waals surface area contributed by atoms with Gasteiger partial charge in [0.25, 0.3) is 5.91 Å². The lowest BCUT2D eigenvalue weighted by Crippen LogP contribution is -2.27. The highest BCUT2D eigenvalue weighted by atomic mass is 16.3. The summed E-state index contributed by atoms with van der Waals surface area (Å²) in [6.45, 7) is 0. The zero-order valence-electron chi connectivity index (χ0n) is 16.3. The van der Waals surface area contributed by atoms with Crippen LogP contribution in [-0.2, 0) is 0 Å². The lowest BCUT2D eigenvalue weighted by Gasteiger charge is -2.23. The molecule has 1 aliphatic rings. The van der Waals surface area contributed by atoms with E-state index in [1.165, 1.54) is 16.0 Å². The number of para-hydroxylation sites is 1. The standard InChI is InChI=1S/C22H17N7O2/c30-21-9-2-1-8-18(21)20-12-19(16-6-4-10-23-13-16)25-29(20)22(31)15-5-3-7-17(11-15)28-14-24-26-27-28/h1-11,13-14,20,30H,12H2. The largest absolute Gasteiger partial charge is 0.508 e. The predicted molar refractivity (Wildman–Crippen MR) is 112 cm³/mol. The molecule has 0 spiro atoms. The zero-order chi connectivity index (χ0) is 21.2. The summed E-state index contributed by atoms with van der Waals surface area (Å²) in [6.07, 6.45) is 5.32. The molecule has 1 aliphatic heterocycles. The van der Waals surface area contributed by atoms with Crippen LogP contribution in [0.15, 0.2) is 84.5 Å². The van der Waals surface area contributed by atoms with Crippen molar-refractivity contribution in [1.82, 2.24) is 30.2 Å². The number of hydrogen-bond acceptors (Lipinski definition) is 7. The molecular formula is C22H17N7O2. The Kier molecular flexibility index (Phi) is 4.68. The molecule has 0 fully saturated rings. The summed E-state index contributed by atoms with van der Waals surface area (Å²) in [5.41, 5.74) is 3.29. The number of hydrogen-bond donors (Lipinski definition) is 1. The molecule has 2 aromatic heterocycles. The summed E-state index contributed by atoms with van der Waals surface area (Å²) in [6, 6.07) is 17.3. The minimum atomic E-state index is -0.444. The Morgan fingerprint density at radius 1 is 1.06 bits per heavy atom. The molecule has 0 bridgehead atoms. The molecule has 0 aliphatic carbocycles. The number of tetrazole rings is 1. The van der Waals surface area contributed by atoms with E-state index in [1.807, 2.05) is 24.3 Å². The van der Waals surface area contributed by atoms with Crippen LogP contribution in [-0.4, -0.2) is 46.9 Å². The molecule has 0 saturated carbocycles. The molecule has 9 nitrogen and oxygen atoms in total. The van der Waals surface area contributed by atoms with E-state index in [1.54, 1.807) is 48.8 Å². The number of phenols is 1. The molecule has 31 heavy (non-hydrogen) atoms. The van der Waals surface area contributed by atoms with Crippen LogP contribution in [0.25, 0.3) is 5.69 Å². The van der Waals surface area contributed by atoms with Crippen molar-refractivity contribution in [2.45, 2.75) is 12.5 Å². The Labute approximate surface area is 177 Å². The molecule has 9 heteroatoms. The first-order chi connectivity index (χ1) is 15.2. The number of carbonyl (C=O) groups excluding carboxylic acids is 1. The monoisotopic (exact) mass is 411 g/mol. The lowest BCUT2D eigenvalue weighted by atomic mass is 9.98. The number of rotatable bonds is 4. The van der Waals surface area contributed by atoms with Gasteiger partial charge in [-0.1, -0.05) is 30.3 Å². The predicted octanol–water partition coefficient (Wildman–Crippen LogP) is 2.75. The quantitative estimate of drug-likeness (QED) is 0.553. The fourth-order valence-corrected chi connectivity index (χ4v) is 3.61. The maximum absolute atomic E-state index is 13.5. The maximum Gasteiger partial charge on any atom is 0.274 e. The van der Waals surface area contributed by atoms with Crippen molar-refractivity contribution in [3.63, 3.8) is 0 Å². The number of benzene rings is 2. The fourth-order valence-electron chi connectivity index (χ4n) is 3.61. The lowest BCUT2D eigenvalue weighted by molar-refractivity contribution is 0.0709. The highest BCUT2D eigenvalue weighted by Crippen LogP contribution is 2.37. The normalized spacial score (nSPS) is 15.7. The van der Waals surface area contributed by atoms with E-state index in [0.717, 1.165) is 11.3 Å². The van der Waals surface area contributed by atoms with Gasteiger partial charge in [0.2, 0.25) is 0 Å². The second kappa shape index (κ2) is 7.79. The summed E-state index contributed by atoms with van der Waals surface area (Å²) in [4.78, 5) is 17.7. The third-order valence-corrected chi connectivity index (χ3v) is 5.12. The zero-order valence-corrected chi connectivity index (χ0v) is 16.3. The van der Waals surface area contributed by atoms with Gasteiger partial charge in [-0.05, 0) is 40.8 Å². The van der Waals surface area contributed by atoms with Gasteiger partial charge in [-0.2, -0.15) is 5.10 Å². The average Bonchev–Trinajstić information content (AvgIpc) is 3.50. The van der Waals surface area contributed by atoms with Gasteiger partial charge in [-0.3, -0.25) is 9.78 Å². The molecule has 4 aromatic rings. The Morgan fingerprint density at radius 3 is 2.74 bits per heavy atom. The van der Waals surface area contributed by atoms with Gasteiger partial charge in [0.15, 0.2) is 0 Å². The first kappa shape index (κ1) is 18.6. The van der Waals surface area contributed by atoms with E-state index in [-0.39, 0.29) is 11.7 Å². The number of aromatic nitrogens is 5. The third kappa shape index (κ3) is 3.52. The summed E-state index contributed by atoms with van der Waals surface area (Å²) >= 11 is 0. The van der Waals surface area contributed by atoms with Crippen molar-refractivity contribution >= 4 is 11.6 Å². The van der Waals surface area contributed by atoms with Crippen LogP contribution in [0.4, 0.5) is 0 Å². The van der Waals surface area contributed by atoms with Gasteiger partial charge in [0, 0.05) is 35.5 Å². The minimum absolute atomic E-state index is 0.121. The van der Waals surface area contributed by atoms with Crippen molar-refractivity contribution in [1.29, 1.82) is 0 Å². The summed E-state index contributed by atoms with van der Waals surface area (Å²) in [5, 5.41) is 27.6. The Balaban J connectivity index is 1.55.